The molecule has 25 heavy (non-hydrogen) atoms. The predicted molar refractivity (Wildman–Crippen MR) is 94.2 cm³/mol. The van der Waals surface area contributed by atoms with Gasteiger partial charge in [0.15, 0.2) is 0 Å². The largest absolute Gasteiger partial charge is 0.337 e. The van der Waals surface area contributed by atoms with Crippen LogP contribution < -0.4 is 5.32 Å². The van der Waals surface area contributed by atoms with Crippen LogP contribution in [0.15, 0.2) is 23.4 Å². The molecule has 0 aliphatic heterocycles. The Morgan fingerprint density at radius 1 is 1.48 bits per heavy atom. The summed E-state index contributed by atoms with van der Waals surface area (Å²) in [4.78, 5) is 12.2. The molecule has 1 atom stereocenters. The Morgan fingerprint density at radius 3 is 2.88 bits per heavy atom. The molecule has 1 aromatic heterocycles. The van der Waals surface area contributed by atoms with Crippen LogP contribution in [0.25, 0.3) is 5.69 Å². The van der Waals surface area contributed by atoms with Crippen LogP contribution >= 0.6 is 11.8 Å². The molecule has 1 saturated carbocycles. The number of aryl methyl sites for hydroxylation is 2. The Balaban J connectivity index is 1.68. The van der Waals surface area contributed by atoms with Crippen LogP contribution in [0.4, 0.5) is 0 Å². The molecule has 2 aromatic rings. The van der Waals surface area contributed by atoms with Crippen molar-refractivity contribution in [2.45, 2.75) is 44.3 Å². The number of benzene rings is 1. The SMILES string of the molecule is Cc1ccc(-n2nnnc2SCC(=O)NC(C)(C#N)C2CC2)c(C)c1. The molecule has 1 unspecified atom stereocenters. The van der Waals surface area contributed by atoms with Crippen LogP contribution in [0.1, 0.15) is 30.9 Å². The Hall–Kier alpha value is -2.40. The molecule has 0 bridgehead atoms. The van der Waals surface area contributed by atoms with E-state index in [2.05, 4.69) is 33.0 Å². The van der Waals surface area contributed by atoms with Crippen molar-refractivity contribution in [2.75, 3.05) is 5.75 Å². The maximum atomic E-state index is 12.2. The number of carbonyl (C=O) groups is 1. The van der Waals surface area contributed by atoms with Crippen molar-refractivity contribution in [2.24, 2.45) is 5.92 Å². The number of thioether (sulfide) groups is 1. The quantitative estimate of drug-likeness (QED) is 0.797. The minimum Gasteiger partial charge on any atom is -0.337 e. The second kappa shape index (κ2) is 6.84. The Bertz CT molecular complexity index is 838. The van der Waals surface area contributed by atoms with E-state index < -0.39 is 5.54 Å². The van der Waals surface area contributed by atoms with Gasteiger partial charge < -0.3 is 5.32 Å². The number of amides is 1. The minimum absolute atomic E-state index is 0.162. The lowest BCUT2D eigenvalue weighted by Crippen LogP contribution is -2.47. The third kappa shape index (κ3) is 3.82. The van der Waals surface area contributed by atoms with Crippen molar-refractivity contribution in [1.82, 2.24) is 25.5 Å². The van der Waals surface area contributed by atoms with Gasteiger partial charge in [0.1, 0.15) is 5.54 Å². The lowest BCUT2D eigenvalue weighted by atomic mass is 9.98. The Kier molecular flexibility index (Phi) is 4.77. The van der Waals surface area contributed by atoms with Gasteiger partial charge in [0.05, 0.1) is 17.5 Å². The number of hydrogen-bond donors (Lipinski definition) is 1. The van der Waals surface area contributed by atoms with E-state index >= 15 is 0 Å². The van der Waals surface area contributed by atoms with Gasteiger partial charge in [-0.2, -0.15) is 9.94 Å². The highest BCUT2D eigenvalue weighted by atomic mass is 32.2. The summed E-state index contributed by atoms with van der Waals surface area (Å²) in [6.07, 6.45) is 1.98. The molecular weight excluding hydrogens is 336 g/mol. The average Bonchev–Trinajstić information content (AvgIpc) is 3.33. The number of nitrogens with one attached hydrogen (secondary N) is 1. The first-order valence-corrected chi connectivity index (χ1v) is 9.12. The molecule has 130 valence electrons. The minimum atomic E-state index is -0.781. The number of hydrogen-bond acceptors (Lipinski definition) is 6. The van der Waals surface area contributed by atoms with Gasteiger partial charge in [-0.15, -0.1) is 5.10 Å². The molecule has 0 saturated heterocycles. The van der Waals surface area contributed by atoms with E-state index in [9.17, 15) is 10.1 Å². The molecule has 8 heteroatoms. The van der Waals surface area contributed by atoms with E-state index in [1.165, 1.54) is 17.3 Å². The van der Waals surface area contributed by atoms with Crippen LogP contribution in [0.5, 0.6) is 0 Å². The summed E-state index contributed by atoms with van der Waals surface area (Å²) in [5.41, 5.74) is 2.33. The third-order valence-corrected chi connectivity index (χ3v) is 5.30. The predicted octanol–water partition coefficient (Wildman–Crippen LogP) is 2.18. The fraction of sp³-hybridized carbons (Fsp3) is 0.471. The lowest BCUT2D eigenvalue weighted by molar-refractivity contribution is -0.119. The van der Waals surface area contributed by atoms with E-state index in [0.29, 0.717) is 5.16 Å². The molecule has 1 N–H and O–H groups in total. The number of nitriles is 1. The van der Waals surface area contributed by atoms with Gasteiger partial charge in [-0.1, -0.05) is 29.5 Å². The summed E-state index contributed by atoms with van der Waals surface area (Å²) in [6, 6.07) is 8.25. The standard InChI is InChI=1S/C17H20N6OS/c1-11-4-7-14(12(2)8-11)23-16(20-21-22-23)25-9-15(24)19-17(3,10-18)13-5-6-13/h4,7-8,13H,5-6,9H2,1-3H3,(H,19,24). The summed E-state index contributed by atoms with van der Waals surface area (Å²) in [5.74, 6) is 0.234. The van der Waals surface area contributed by atoms with E-state index in [1.807, 2.05) is 26.0 Å². The highest BCUT2D eigenvalue weighted by molar-refractivity contribution is 7.99. The second-order valence-electron chi connectivity index (χ2n) is 6.59. The Labute approximate surface area is 150 Å². The van der Waals surface area contributed by atoms with Gasteiger partial charge in [0.25, 0.3) is 0 Å². The van der Waals surface area contributed by atoms with E-state index in [-0.39, 0.29) is 17.6 Å². The fourth-order valence-corrected chi connectivity index (χ4v) is 3.48. The summed E-state index contributed by atoms with van der Waals surface area (Å²) >= 11 is 1.26. The normalized spacial score (nSPS) is 16.1. The van der Waals surface area contributed by atoms with Crippen molar-refractivity contribution in [3.05, 3.63) is 29.3 Å². The molecule has 7 nitrogen and oxygen atoms in total. The van der Waals surface area contributed by atoms with Crippen LogP contribution in [0.3, 0.4) is 0 Å². The van der Waals surface area contributed by atoms with Gasteiger partial charge in [0, 0.05) is 0 Å². The topological polar surface area (TPSA) is 96.5 Å². The summed E-state index contributed by atoms with van der Waals surface area (Å²) < 4.78 is 1.64. The second-order valence-corrected chi connectivity index (χ2v) is 7.53. The molecule has 1 aliphatic rings. The highest BCUT2D eigenvalue weighted by Crippen LogP contribution is 2.39. The Morgan fingerprint density at radius 2 is 2.24 bits per heavy atom. The smallest absolute Gasteiger partial charge is 0.231 e. The van der Waals surface area contributed by atoms with Crippen molar-refractivity contribution in [1.29, 1.82) is 5.26 Å². The lowest BCUT2D eigenvalue weighted by Gasteiger charge is -2.22. The number of tetrazole rings is 1. The van der Waals surface area contributed by atoms with Crippen molar-refractivity contribution < 1.29 is 4.79 Å². The molecule has 1 fully saturated rings. The zero-order valence-electron chi connectivity index (χ0n) is 14.5. The number of nitrogens with zero attached hydrogens (tertiary/aromatic N) is 5. The molecular formula is C17H20N6OS. The number of aromatic nitrogens is 4. The van der Waals surface area contributed by atoms with Crippen LogP contribution in [0.2, 0.25) is 0 Å². The first-order chi connectivity index (χ1) is 11.9. The van der Waals surface area contributed by atoms with Crippen molar-refractivity contribution >= 4 is 17.7 Å². The molecule has 0 radical (unpaired) electrons. The molecule has 0 spiro atoms. The fourth-order valence-electron chi connectivity index (χ4n) is 2.80. The zero-order valence-corrected chi connectivity index (χ0v) is 15.3. The first kappa shape index (κ1) is 17.4. The van der Waals surface area contributed by atoms with Crippen LogP contribution in [-0.2, 0) is 4.79 Å². The van der Waals surface area contributed by atoms with E-state index in [1.54, 1.807) is 11.6 Å². The van der Waals surface area contributed by atoms with Gasteiger partial charge in [-0.25, -0.2) is 0 Å². The molecule has 1 heterocycles. The van der Waals surface area contributed by atoms with Gasteiger partial charge in [-0.3, -0.25) is 4.79 Å². The molecule has 1 amide bonds. The van der Waals surface area contributed by atoms with Crippen LogP contribution in [0, 0.1) is 31.1 Å². The maximum Gasteiger partial charge on any atom is 0.231 e. The summed E-state index contributed by atoms with van der Waals surface area (Å²) in [5, 5.41) is 24.5. The van der Waals surface area contributed by atoms with E-state index in [0.717, 1.165) is 24.1 Å². The maximum absolute atomic E-state index is 12.2. The van der Waals surface area contributed by atoms with Gasteiger partial charge in [0.2, 0.25) is 11.1 Å². The van der Waals surface area contributed by atoms with Crippen molar-refractivity contribution in [3.63, 3.8) is 0 Å². The number of rotatable bonds is 6. The third-order valence-electron chi connectivity index (χ3n) is 4.38. The van der Waals surface area contributed by atoms with Crippen LogP contribution in [-0.4, -0.2) is 37.4 Å². The highest BCUT2D eigenvalue weighted by Gasteiger charge is 2.42. The molecule has 3 rings (SSSR count). The average molecular weight is 356 g/mol. The first-order valence-electron chi connectivity index (χ1n) is 8.14. The summed E-state index contributed by atoms with van der Waals surface area (Å²) in [6.45, 7) is 5.81. The zero-order chi connectivity index (χ0) is 18.0. The van der Waals surface area contributed by atoms with E-state index in [4.69, 9.17) is 0 Å². The molecule has 1 aliphatic carbocycles. The monoisotopic (exact) mass is 356 g/mol. The molecule has 1 aromatic carbocycles. The van der Waals surface area contributed by atoms with Gasteiger partial charge in [-0.05, 0) is 61.6 Å². The number of carbonyl (C=O) groups excluding carboxylic acids is 1. The van der Waals surface area contributed by atoms with Crippen molar-refractivity contribution in [3.8, 4) is 11.8 Å². The summed E-state index contributed by atoms with van der Waals surface area (Å²) in [7, 11) is 0. The van der Waals surface area contributed by atoms with Gasteiger partial charge >= 0.3 is 0 Å².